The second-order valence-electron chi connectivity index (χ2n) is 3.28. The molecule has 15 heavy (non-hydrogen) atoms. The van der Waals surface area contributed by atoms with Gasteiger partial charge in [-0.15, -0.1) is 0 Å². The van der Waals surface area contributed by atoms with E-state index in [1.807, 2.05) is 49.4 Å². The second kappa shape index (κ2) is 6.36. The quantitative estimate of drug-likeness (QED) is 0.709. The lowest BCUT2D eigenvalue weighted by Gasteiger charge is -1.96. The zero-order chi connectivity index (χ0) is 11.1. The van der Waals surface area contributed by atoms with Crippen LogP contribution in [0.25, 0.3) is 0 Å². The van der Waals surface area contributed by atoms with Crippen LogP contribution < -0.4 is 0 Å². The maximum atomic E-state index is 11.7. The standard InChI is InChI=1S/C13H16OS/c1-3-4-5-6-11-15(14)13-9-7-12(2)8-10-13/h4-11H,3H2,1-2H3/b5-4+,11-6+/t15-/m1/s1. The van der Waals surface area contributed by atoms with Gasteiger partial charge in [0.15, 0.2) is 0 Å². The van der Waals surface area contributed by atoms with Crippen LogP contribution in [0.1, 0.15) is 18.9 Å². The van der Waals surface area contributed by atoms with Crippen LogP contribution in [0.2, 0.25) is 0 Å². The predicted molar refractivity (Wildman–Crippen MR) is 66.2 cm³/mol. The van der Waals surface area contributed by atoms with Crippen molar-refractivity contribution in [1.82, 2.24) is 0 Å². The first-order chi connectivity index (χ1) is 7.24. The van der Waals surface area contributed by atoms with Gasteiger partial charge < -0.3 is 0 Å². The molecule has 0 radical (unpaired) electrons. The fourth-order valence-corrected chi connectivity index (χ4v) is 1.88. The Morgan fingerprint density at radius 3 is 2.47 bits per heavy atom. The van der Waals surface area contributed by atoms with Crippen molar-refractivity contribution in [3.05, 3.63) is 53.5 Å². The summed E-state index contributed by atoms with van der Waals surface area (Å²) >= 11 is 0. The van der Waals surface area contributed by atoms with Gasteiger partial charge in [-0.1, -0.05) is 42.8 Å². The molecule has 0 N–H and O–H groups in total. The lowest BCUT2D eigenvalue weighted by molar-refractivity contribution is 0.688. The van der Waals surface area contributed by atoms with Gasteiger partial charge in [0, 0.05) is 10.3 Å². The molecule has 0 saturated heterocycles. The van der Waals surface area contributed by atoms with Crippen LogP contribution in [0, 0.1) is 6.92 Å². The van der Waals surface area contributed by atoms with Crippen molar-refractivity contribution < 1.29 is 4.21 Å². The van der Waals surface area contributed by atoms with Crippen molar-refractivity contribution in [2.75, 3.05) is 0 Å². The summed E-state index contributed by atoms with van der Waals surface area (Å²) in [6, 6.07) is 7.75. The number of hydrogen-bond donors (Lipinski definition) is 0. The van der Waals surface area contributed by atoms with E-state index >= 15 is 0 Å². The molecule has 2 heteroatoms. The lowest BCUT2D eigenvalue weighted by Crippen LogP contribution is -1.85. The van der Waals surface area contributed by atoms with E-state index in [-0.39, 0.29) is 0 Å². The first-order valence-electron chi connectivity index (χ1n) is 5.04. The highest BCUT2D eigenvalue weighted by Gasteiger charge is 1.97. The molecule has 0 spiro atoms. The molecule has 1 atom stereocenters. The third-order valence-corrected chi connectivity index (χ3v) is 3.08. The smallest absolute Gasteiger partial charge is 0.0775 e. The Hall–Kier alpha value is -1.15. The van der Waals surface area contributed by atoms with Crippen LogP contribution >= 0.6 is 0 Å². The molecule has 80 valence electrons. The topological polar surface area (TPSA) is 17.1 Å². The molecule has 0 fully saturated rings. The lowest BCUT2D eigenvalue weighted by atomic mass is 10.2. The summed E-state index contributed by atoms with van der Waals surface area (Å²) in [5, 5.41) is 1.71. The highest BCUT2D eigenvalue weighted by Crippen LogP contribution is 2.09. The maximum absolute atomic E-state index is 11.7. The van der Waals surface area contributed by atoms with Crippen molar-refractivity contribution in [1.29, 1.82) is 0 Å². The minimum atomic E-state index is -1.03. The third-order valence-electron chi connectivity index (χ3n) is 1.94. The van der Waals surface area contributed by atoms with Crippen LogP contribution in [0.4, 0.5) is 0 Å². The molecule has 0 aliphatic rings. The zero-order valence-corrected chi connectivity index (χ0v) is 9.96. The van der Waals surface area contributed by atoms with Crippen LogP contribution in [0.5, 0.6) is 0 Å². The molecule has 1 rings (SSSR count). The minimum Gasteiger partial charge on any atom is -0.250 e. The fraction of sp³-hybridized carbons (Fsp3) is 0.231. The fourth-order valence-electron chi connectivity index (χ4n) is 1.08. The summed E-state index contributed by atoms with van der Waals surface area (Å²) in [4.78, 5) is 0.849. The van der Waals surface area contributed by atoms with Gasteiger partial charge in [-0.25, -0.2) is 4.21 Å². The number of rotatable bonds is 4. The highest BCUT2D eigenvalue weighted by atomic mass is 32.2. The van der Waals surface area contributed by atoms with Crippen LogP contribution in [0.15, 0.2) is 52.8 Å². The van der Waals surface area contributed by atoms with Gasteiger partial charge in [-0.3, -0.25) is 0 Å². The Labute approximate surface area is 94.0 Å². The molecule has 1 aromatic rings. The van der Waals surface area contributed by atoms with E-state index in [4.69, 9.17) is 0 Å². The van der Waals surface area contributed by atoms with Crippen molar-refractivity contribution >= 4 is 10.8 Å². The van der Waals surface area contributed by atoms with E-state index in [0.29, 0.717) is 0 Å². The summed E-state index contributed by atoms with van der Waals surface area (Å²) in [6.45, 7) is 4.09. The molecule has 0 aliphatic heterocycles. The molecular formula is C13H16OS. The third kappa shape index (κ3) is 4.26. The normalized spacial score (nSPS) is 13.7. The Morgan fingerprint density at radius 1 is 1.20 bits per heavy atom. The molecule has 0 saturated carbocycles. The molecule has 0 amide bonds. The predicted octanol–water partition coefficient (Wildman–Crippen LogP) is 3.58. The monoisotopic (exact) mass is 220 g/mol. The number of hydrogen-bond acceptors (Lipinski definition) is 1. The first kappa shape index (κ1) is 11.9. The zero-order valence-electron chi connectivity index (χ0n) is 9.14. The molecule has 1 nitrogen and oxygen atoms in total. The van der Waals surface area contributed by atoms with Gasteiger partial charge >= 0.3 is 0 Å². The van der Waals surface area contributed by atoms with Crippen molar-refractivity contribution in [3.8, 4) is 0 Å². The van der Waals surface area contributed by atoms with Gasteiger partial charge in [0.25, 0.3) is 0 Å². The number of benzene rings is 1. The van der Waals surface area contributed by atoms with Gasteiger partial charge in [-0.2, -0.15) is 0 Å². The van der Waals surface area contributed by atoms with E-state index < -0.39 is 10.8 Å². The molecule has 0 aliphatic carbocycles. The van der Waals surface area contributed by atoms with Gasteiger partial charge in [-0.05, 0) is 25.5 Å². The van der Waals surface area contributed by atoms with Crippen LogP contribution in [-0.2, 0) is 10.8 Å². The molecule has 0 bridgehead atoms. The first-order valence-corrected chi connectivity index (χ1v) is 6.26. The average Bonchev–Trinajstić information content (AvgIpc) is 2.25. The largest absolute Gasteiger partial charge is 0.250 e. The molecular weight excluding hydrogens is 204 g/mol. The van der Waals surface area contributed by atoms with E-state index in [0.717, 1.165) is 11.3 Å². The van der Waals surface area contributed by atoms with E-state index in [1.54, 1.807) is 5.41 Å². The van der Waals surface area contributed by atoms with E-state index in [2.05, 4.69) is 6.92 Å². The second-order valence-corrected chi connectivity index (χ2v) is 4.61. The van der Waals surface area contributed by atoms with Crippen LogP contribution in [0.3, 0.4) is 0 Å². The van der Waals surface area contributed by atoms with Gasteiger partial charge in [0.05, 0.1) is 10.8 Å². The van der Waals surface area contributed by atoms with E-state index in [1.165, 1.54) is 5.56 Å². The Bertz CT molecular complexity index is 374. The summed E-state index contributed by atoms with van der Waals surface area (Å²) in [5.74, 6) is 0. The number of aryl methyl sites for hydroxylation is 1. The van der Waals surface area contributed by atoms with Gasteiger partial charge in [0.2, 0.25) is 0 Å². The molecule has 0 unspecified atom stereocenters. The van der Waals surface area contributed by atoms with Crippen LogP contribution in [-0.4, -0.2) is 4.21 Å². The summed E-state index contributed by atoms with van der Waals surface area (Å²) in [7, 11) is -1.03. The summed E-state index contributed by atoms with van der Waals surface area (Å²) < 4.78 is 11.7. The molecule has 1 aromatic carbocycles. The average molecular weight is 220 g/mol. The maximum Gasteiger partial charge on any atom is 0.0775 e. The van der Waals surface area contributed by atoms with E-state index in [9.17, 15) is 4.21 Å². The SMILES string of the molecule is CC/C=C/C=C/[S@@](=O)c1ccc(C)cc1. The van der Waals surface area contributed by atoms with Crippen molar-refractivity contribution in [2.24, 2.45) is 0 Å². The van der Waals surface area contributed by atoms with Gasteiger partial charge in [0.1, 0.15) is 0 Å². The van der Waals surface area contributed by atoms with Crippen molar-refractivity contribution in [2.45, 2.75) is 25.2 Å². The summed E-state index contributed by atoms with van der Waals surface area (Å²) in [6.07, 6.45) is 6.79. The molecule has 0 heterocycles. The Balaban J connectivity index is 2.65. The Kier molecular flexibility index (Phi) is 5.05. The number of allylic oxidation sites excluding steroid dienone is 3. The van der Waals surface area contributed by atoms with Crippen molar-refractivity contribution in [3.63, 3.8) is 0 Å². The Morgan fingerprint density at radius 2 is 1.87 bits per heavy atom. The molecule has 0 aromatic heterocycles. The minimum absolute atomic E-state index is 0.849. The highest BCUT2D eigenvalue weighted by molar-refractivity contribution is 7.88. The summed E-state index contributed by atoms with van der Waals surface area (Å²) in [5.41, 5.74) is 1.19.